The van der Waals surface area contributed by atoms with Crippen molar-refractivity contribution in [1.82, 2.24) is 0 Å². The van der Waals surface area contributed by atoms with Crippen LogP contribution in [0, 0.1) is 11.8 Å². The van der Waals surface area contributed by atoms with Crippen molar-refractivity contribution in [3.05, 3.63) is 11.6 Å². The third-order valence-corrected chi connectivity index (χ3v) is 4.27. The highest BCUT2D eigenvalue weighted by molar-refractivity contribution is 5.04. The summed E-state index contributed by atoms with van der Waals surface area (Å²) < 4.78 is 11.7. The lowest BCUT2D eigenvalue weighted by molar-refractivity contribution is -0.0164. The molecule has 2 nitrogen and oxygen atoms in total. The molecule has 2 heteroatoms. The Kier molecular flexibility index (Phi) is 3.94. The Labute approximate surface area is 105 Å². The Bertz CT molecular complexity index is 287. The number of epoxide rings is 1. The van der Waals surface area contributed by atoms with Crippen LogP contribution in [0.5, 0.6) is 0 Å². The van der Waals surface area contributed by atoms with Crippen LogP contribution < -0.4 is 0 Å². The van der Waals surface area contributed by atoms with Gasteiger partial charge in [-0.2, -0.15) is 0 Å². The minimum absolute atomic E-state index is 0.183. The third-order valence-electron chi connectivity index (χ3n) is 4.27. The lowest BCUT2D eigenvalue weighted by Gasteiger charge is -2.36. The molecule has 1 saturated carbocycles. The Balaban J connectivity index is 1.86. The molecule has 0 radical (unpaired) electrons. The predicted molar refractivity (Wildman–Crippen MR) is 70.0 cm³/mol. The van der Waals surface area contributed by atoms with Gasteiger partial charge in [-0.05, 0) is 39.5 Å². The lowest BCUT2D eigenvalue weighted by Crippen LogP contribution is -2.39. The molecule has 98 valence electrons. The molecule has 0 aromatic rings. The molecule has 0 aromatic heterocycles. The maximum Gasteiger partial charge on any atom is 0.0971 e. The summed E-state index contributed by atoms with van der Waals surface area (Å²) in [6, 6.07) is 0. The lowest BCUT2D eigenvalue weighted by atomic mass is 9.72. The first-order chi connectivity index (χ1) is 8.03. The minimum Gasteiger partial charge on any atom is -0.374 e. The first-order valence-electron chi connectivity index (χ1n) is 6.92. The molecule has 1 heterocycles. The van der Waals surface area contributed by atoms with Crippen LogP contribution in [0.4, 0.5) is 0 Å². The van der Waals surface area contributed by atoms with Crippen LogP contribution in [0.25, 0.3) is 0 Å². The summed E-state index contributed by atoms with van der Waals surface area (Å²) in [5.74, 6) is 1.42. The van der Waals surface area contributed by atoms with Gasteiger partial charge in [-0.15, -0.1) is 0 Å². The van der Waals surface area contributed by atoms with Crippen LogP contribution in [0.15, 0.2) is 11.6 Å². The number of hydrogen-bond donors (Lipinski definition) is 0. The van der Waals surface area contributed by atoms with E-state index in [1.165, 1.54) is 24.8 Å². The first-order valence-corrected chi connectivity index (χ1v) is 6.92. The Morgan fingerprint density at radius 2 is 2.18 bits per heavy atom. The van der Waals surface area contributed by atoms with Crippen LogP contribution in [-0.2, 0) is 9.47 Å². The highest BCUT2D eigenvalue weighted by atomic mass is 16.6. The summed E-state index contributed by atoms with van der Waals surface area (Å²) in [6.45, 7) is 10.5. The van der Waals surface area contributed by atoms with E-state index in [1.54, 1.807) is 0 Å². The van der Waals surface area contributed by atoms with E-state index in [0.29, 0.717) is 12.0 Å². The Hall–Kier alpha value is -0.340. The first kappa shape index (κ1) is 13.1. The van der Waals surface area contributed by atoms with Crippen LogP contribution in [0.1, 0.15) is 47.0 Å². The van der Waals surface area contributed by atoms with Gasteiger partial charge < -0.3 is 9.47 Å². The minimum atomic E-state index is 0.183. The van der Waals surface area contributed by atoms with Crippen LogP contribution in [-0.4, -0.2) is 24.9 Å². The Morgan fingerprint density at radius 3 is 2.76 bits per heavy atom. The maximum absolute atomic E-state index is 5.95. The fraction of sp³-hybridized carbons (Fsp3) is 0.867. The van der Waals surface area contributed by atoms with Gasteiger partial charge in [0.25, 0.3) is 0 Å². The van der Waals surface area contributed by atoms with Gasteiger partial charge in [-0.1, -0.05) is 25.0 Å². The molecule has 1 saturated heterocycles. The van der Waals surface area contributed by atoms with Gasteiger partial charge in [0.05, 0.1) is 24.9 Å². The van der Waals surface area contributed by atoms with Crippen molar-refractivity contribution in [3.63, 3.8) is 0 Å². The monoisotopic (exact) mass is 238 g/mol. The largest absolute Gasteiger partial charge is 0.374 e. The summed E-state index contributed by atoms with van der Waals surface area (Å²) in [5, 5.41) is 0. The molecule has 1 aliphatic carbocycles. The standard InChI is InChI=1S/C15H26O2/c1-11(2)7-8-16-13(4)14-6-5-12(3)9-15(14)10-17-15/h7,12-14H,5-6,8-10H2,1-4H3. The molecule has 17 heavy (non-hydrogen) atoms. The van der Waals surface area contributed by atoms with E-state index in [0.717, 1.165) is 19.1 Å². The van der Waals surface area contributed by atoms with Gasteiger partial charge in [-0.3, -0.25) is 0 Å². The van der Waals surface area contributed by atoms with Crippen molar-refractivity contribution < 1.29 is 9.47 Å². The summed E-state index contributed by atoms with van der Waals surface area (Å²) >= 11 is 0. The van der Waals surface area contributed by atoms with Crippen molar-refractivity contribution in [2.24, 2.45) is 11.8 Å². The molecule has 2 aliphatic rings. The smallest absolute Gasteiger partial charge is 0.0971 e. The summed E-state index contributed by atoms with van der Waals surface area (Å²) in [7, 11) is 0. The number of hydrogen-bond acceptors (Lipinski definition) is 2. The van der Waals surface area contributed by atoms with Gasteiger partial charge in [0.1, 0.15) is 0 Å². The van der Waals surface area contributed by atoms with Gasteiger partial charge in [0.2, 0.25) is 0 Å². The molecule has 0 bridgehead atoms. The van der Waals surface area contributed by atoms with Crippen molar-refractivity contribution in [2.75, 3.05) is 13.2 Å². The zero-order valence-electron chi connectivity index (χ0n) is 11.7. The SMILES string of the molecule is CC(C)=CCOC(C)C1CCC(C)CC12CO2. The van der Waals surface area contributed by atoms with E-state index in [4.69, 9.17) is 9.47 Å². The van der Waals surface area contributed by atoms with E-state index in [1.807, 2.05) is 0 Å². The second-order valence-corrected chi connectivity index (χ2v) is 6.17. The quantitative estimate of drug-likeness (QED) is 0.552. The summed E-state index contributed by atoms with van der Waals surface area (Å²) in [6.07, 6.45) is 6.29. The molecule has 0 amide bonds. The maximum atomic E-state index is 5.95. The molecule has 2 rings (SSSR count). The van der Waals surface area contributed by atoms with Crippen LogP contribution >= 0.6 is 0 Å². The molecule has 4 atom stereocenters. The fourth-order valence-electron chi connectivity index (χ4n) is 3.14. The average Bonchev–Trinajstić information content (AvgIpc) is 2.97. The molecule has 2 fully saturated rings. The average molecular weight is 238 g/mol. The van der Waals surface area contributed by atoms with Gasteiger partial charge in [-0.25, -0.2) is 0 Å². The van der Waals surface area contributed by atoms with Gasteiger partial charge in [0, 0.05) is 5.92 Å². The van der Waals surface area contributed by atoms with E-state index in [2.05, 4.69) is 33.8 Å². The van der Waals surface area contributed by atoms with Crippen LogP contribution in [0.3, 0.4) is 0 Å². The zero-order chi connectivity index (χ0) is 12.5. The highest BCUT2D eigenvalue weighted by Gasteiger charge is 2.55. The molecular weight excluding hydrogens is 212 g/mol. The molecule has 1 aliphatic heterocycles. The van der Waals surface area contributed by atoms with Crippen molar-refractivity contribution >= 4 is 0 Å². The second-order valence-electron chi connectivity index (χ2n) is 6.17. The number of ether oxygens (including phenoxy) is 2. The summed E-state index contributed by atoms with van der Waals surface area (Å²) in [5.41, 5.74) is 1.51. The molecule has 0 aromatic carbocycles. The predicted octanol–water partition coefficient (Wildman–Crippen LogP) is 3.56. The van der Waals surface area contributed by atoms with E-state index < -0.39 is 0 Å². The van der Waals surface area contributed by atoms with Gasteiger partial charge >= 0.3 is 0 Å². The van der Waals surface area contributed by atoms with Crippen molar-refractivity contribution in [1.29, 1.82) is 0 Å². The molecular formula is C15H26O2. The number of allylic oxidation sites excluding steroid dienone is 1. The Morgan fingerprint density at radius 1 is 1.47 bits per heavy atom. The molecule has 4 unspecified atom stereocenters. The normalized spacial score (nSPS) is 37.9. The topological polar surface area (TPSA) is 21.8 Å². The molecule has 1 spiro atoms. The van der Waals surface area contributed by atoms with Crippen molar-refractivity contribution in [2.45, 2.75) is 58.7 Å². The second kappa shape index (κ2) is 5.11. The van der Waals surface area contributed by atoms with Crippen LogP contribution in [0.2, 0.25) is 0 Å². The van der Waals surface area contributed by atoms with Crippen molar-refractivity contribution in [3.8, 4) is 0 Å². The third kappa shape index (κ3) is 3.11. The summed E-state index contributed by atoms with van der Waals surface area (Å²) in [4.78, 5) is 0. The zero-order valence-corrected chi connectivity index (χ0v) is 11.7. The highest BCUT2D eigenvalue weighted by Crippen LogP contribution is 2.49. The molecule has 0 N–H and O–H groups in total. The van der Waals surface area contributed by atoms with E-state index in [-0.39, 0.29) is 5.60 Å². The fourth-order valence-corrected chi connectivity index (χ4v) is 3.14. The van der Waals surface area contributed by atoms with E-state index in [9.17, 15) is 0 Å². The van der Waals surface area contributed by atoms with E-state index >= 15 is 0 Å². The van der Waals surface area contributed by atoms with Gasteiger partial charge in [0.15, 0.2) is 0 Å². The number of rotatable bonds is 4.